The van der Waals surface area contributed by atoms with E-state index in [0.29, 0.717) is 19.1 Å². The van der Waals surface area contributed by atoms with Crippen LogP contribution in [0.15, 0.2) is 24.4 Å². The number of benzene rings is 1. The van der Waals surface area contributed by atoms with E-state index in [4.69, 9.17) is 9.47 Å². The van der Waals surface area contributed by atoms with E-state index in [2.05, 4.69) is 15.3 Å². The summed E-state index contributed by atoms with van der Waals surface area (Å²) in [5, 5.41) is 3.43. The van der Waals surface area contributed by atoms with Crippen LogP contribution >= 0.6 is 0 Å². The van der Waals surface area contributed by atoms with Crippen molar-refractivity contribution in [2.75, 3.05) is 26.3 Å². The van der Waals surface area contributed by atoms with Gasteiger partial charge in [-0.25, -0.2) is 4.98 Å². The van der Waals surface area contributed by atoms with Gasteiger partial charge in [-0.3, -0.25) is 0 Å². The summed E-state index contributed by atoms with van der Waals surface area (Å²) in [6, 6.07) is 6.03. The third kappa shape index (κ3) is 3.67. The molecular formula is C18H25N3O2. The number of H-pyrrole nitrogens is 1. The zero-order valence-corrected chi connectivity index (χ0v) is 13.9. The van der Waals surface area contributed by atoms with Crippen LogP contribution in [0.25, 0.3) is 11.3 Å². The molecule has 0 spiro atoms. The highest BCUT2D eigenvalue weighted by atomic mass is 16.5. The molecule has 1 atom stereocenters. The van der Waals surface area contributed by atoms with Crippen LogP contribution in [-0.2, 0) is 0 Å². The van der Waals surface area contributed by atoms with E-state index in [-0.39, 0.29) is 0 Å². The van der Waals surface area contributed by atoms with Gasteiger partial charge in [0.25, 0.3) is 0 Å². The Hall–Kier alpha value is -2.01. The van der Waals surface area contributed by atoms with Gasteiger partial charge in [-0.2, -0.15) is 0 Å². The fraction of sp³-hybridized carbons (Fsp3) is 0.500. The molecule has 1 aromatic carbocycles. The second-order valence-electron chi connectivity index (χ2n) is 5.75. The molecule has 23 heavy (non-hydrogen) atoms. The van der Waals surface area contributed by atoms with Crippen molar-refractivity contribution >= 4 is 0 Å². The number of ether oxygens (including phenoxy) is 2. The summed E-state index contributed by atoms with van der Waals surface area (Å²) >= 11 is 0. The largest absolute Gasteiger partial charge is 0.490 e. The number of nitrogens with one attached hydrogen (secondary N) is 2. The van der Waals surface area contributed by atoms with Gasteiger partial charge < -0.3 is 19.8 Å². The fourth-order valence-corrected chi connectivity index (χ4v) is 2.99. The molecule has 0 amide bonds. The summed E-state index contributed by atoms with van der Waals surface area (Å²) in [6.45, 7) is 7.31. The molecule has 3 rings (SSSR count). The summed E-state index contributed by atoms with van der Waals surface area (Å²) < 4.78 is 11.3. The third-order valence-electron chi connectivity index (χ3n) is 4.13. The standard InChI is InChI=1S/C18H25N3O2/c1-3-22-16-8-7-13(10-17(16)23-4-2)15-12-20-18(21-15)14-6-5-9-19-11-14/h7-8,10,12,14,19H,3-6,9,11H2,1-2H3,(H,20,21)/t14-/m1/s1. The molecule has 2 heterocycles. The van der Waals surface area contributed by atoms with Crippen molar-refractivity contribution in [2.45, 2.75) is 32.6 Å². The van der Waals surface area contributed by atoms with Crippen LogP contribution in [0.3, 0.4) is 0 Å². The minimum Gasteiger partial charge on any atom is -0.490 e. The zero-order chi connectivity index (χ0) is 16.1. The van der Waals surface area contributed by atoms with Gasteiger partial charge in [0.1, 0.15) is 5.82 Å². The van der Waals surface area contributed by atoms with Crippen molar-refractivity contribution in [1.29, 1.82) is 0 Å². The fourth-order valence-electron chi connectivity index (χ4n) is 2.99. The lowest BCUT2D eigenvalue weighted by Gasteiger charge is -2.20. The van der Waals surface area contributed by atoms with Gasteiger partial charge in [0.15, 0.2) is 11.5 Å². The Morgan fingerprint density at radius 3 is 2.74 bits per heavy atom. The van der Waals surface area contributed by atoms with E-state index in [0.717, 1.165) is 41.7 Å². The van der Waals surface area contributed by atoms with E-state index in [1.807, 2.05) is 38.2 Å². The van der Waals surface area contributed by atoms with E-state index in [1.54, 1.807) is 0 Å². The monoisotopic (exact) mass is 315 g/mol. The van der Waals surface area contributed by atoms with Crippen molar-refractivity contribution in [3.05, 3.63) is 30.2 Å². The van der Waals surface area contributed by atoms with E-state index >= 15 is 0 Å². The zero-order valence-electron chi connectivity index (χ0n) is 13.9. The van der Waals surface area contributed by atoms with Crippen LogP contribution in [0.2, 0.25) is 0 Å². The first-order valence-corrected chi connectivity index (χ1v) is 8.47. The average Bonchev–Trinajstić information content (AvgIpc) is 3.08. The van der Waals surface area contributed by atoms with Gasteiger partial charge in [-0.1, -0.05) is 0 Å². The second-order valence-corrected chi connectivity index (χ2v) is 5.75. The Morgan fingerprint density at radius 2 is 2.00 bits per heavy atom. The SMILES string of the molecule is CCOc1ccc(-c2cnc([C@@H]3CCCNC3)[nH]2)cc1OCC. The highest BCUT2D eigenvalue weighted by Crippen LogP contribution is 2.33. The van der Waals surface area contributed by atoms with Gasteiger partial charge >= 0.3 is 0 Å². The van der Waals surface area contributed by atoms with Gasteiger partial charge in [-0.05, 0) is 51.4 Å². The number of hydrogen-bond donors (Lipinski definition) is 2. The quantitative estimate of drug-likeness (QED) is 0.858. The Bertz CT molecular complexity index is 633. The summed E-state index contributed by atoms with van der Waals surface area (Å²) in [7, 11) is 0. The maximum atomic E-state index is 5.71. The smallest absolute Gasteiger partial charge is 0.161 e. The van der Waals surface area contributed by atoms with E-state index in [9.17, 15) is 0 Å². The molecule has 1 aliphatic heterocycles. The molecule has 0 saturated carbocycles. The van der Waals surface area contributed by atoms with Crippen molar-refractivity contribution in [3.63, 3.8) is 0 Å². The second kappa shape index (κ2) is 7.51. The normalized spacial score (nSPS) is 17.9. The lowest BCUT2D eigenvalue weighted by Crippen LogP contribution is -2.28. The molecule has 0 radical (unpaired) electrons. The number of aromatic amines is 1. The lowest BCUT2D eigenvalue weighted by molar-refractivity contribution is 0.288. The Kier molecular flexibility index (Phi) is 5.18. The predicted molar refractivity (Wildman–Crippen MR) is 91.2 cm³/mol. The van der Waals surface area contributed by atoms with Crippen LogP contribution < -0.4 is 14.8 Å². The van der Waals surface area contributed by atoms with E-state index in [1.165, 1.54) is 12.8 Å². The van der Waals surface area contributed by atoms with Crippen LogP contribution in [-0.4, -0.2) is 36.3 Å². The average molecular weight is 315 g/mol. The first-order valence-electron chi connectivity index (χ1n) is 8.47. The lowest BCUT2D eigenvalue weighted by atomic mass is 9.99. The summed E-state index contributed by atoms with van der Waals surface area (Å²) in [4.78, 5) is 8.06. The minimum atomic E-state index is 0.478. The summed E-state index contributed by atoms with van der Waals surface area (Å²) in [5.74, 6) is 3.11. The molecule has 0 aliphatic carbocycles. The van der Waals surface area contributed by atoms with Crippen LogP contribution in [0.4, 0.5) is 0 Å². The van der Waals surface area contributed by atoms with Crippen molar-refractivity contribution in [1.82, 2.24) is 15.3 Å². The highest BCUT2D eigenvalue weighted by molar-refractivity contribution is 5.63. The van der Waals surface area contributed by atoms with Gasteiger partial charge in [0, 0.05) is 18.0 Å². The molecule has 1 fully saturated rings. The molecule has 0 unspecified atom stereocenters. The molecule has 1 aromatic heterocycles. The number of imidazole rings is 1. The van der Waals surface area contributed by atoms with Crippen LogP contribution in [0.1, 0.15) is 38.4 Å². The topological polar surface area (TPSA) is 59.2 Å². The summed E-state index contributed by atoms with van der Waals surface area (Å²) in [6.07, 6.45) is 4.31. The van der Waals surface area contributed by atoms with Gasteiger partial charge in [0.05, 0.1) is 25.1 Å². The molecule has 2 aromatic rings. The first kappa shape index (κ1) is 15.9. The Balaban J connectivity index is 1.83. The number of hydrogen-bond acceptors (Lipinski definition) is 4. The number of aromatic nitrogens is 2. The first-order chi connectivity index (χ1) is 11.3. The molecule has 5 nitrogen and oxygen atoms in total. The molecule has 1 saturated heterocycles. The maximum Gasteiger partial charge on any atom is 0.161 e. The van der Waals surface area contributed by atoms with Crippen molar-refractivity contribution < 1.29 is 9.47 Å². The summed E-state index contributed by atoms with van der Waals surface area (Å²) in [5.41, 5.74) is 2.09. The minimum absolute atomic E-state index is 0.478. The molecular weight excluding hydrogens is 290 g/mol. The molecule has 2 N–H and O–H groups in total. The molecule has 0 bridgehead atoms. The van der Waals surface area contributed by atoms with Crippen molar-refractivity contribution in [2.24, 2.45) is 0 Å². The van der Waals surface area contributed by atoms with Gasteiger partial charge in [0.2, 0.25) is 0 Å². The molecule has 1 aliphatic rings. The van der Waals surface area contributed by atoms with Gasteiger partial charge in [-0.15, -0.1) is 0 Å². The Morgan fingerprint density at radius 1 is 1.17 bits per heavy atom. The number of piperidine rings is 1. The number of nitrogens with zero attached hydrogens (tertiary/aromatic N) is 1. The highest BCUT2D eigenvalue weighted by Gasteiger charge is 2.18. The molecule has 124 valence electrons. The van der Waals surface area contributed by atoms with Crippen LogP contribution in [0, 0.1) is 0 Å². The predicted octanol–water partition coefficient (Wildman–Crippen LogP) is 3.34. The number of rotatable bonds is 6. The molecule has 5 heteroatoms. The third-order valence-corrected chi connectivity index (χ3v) is 4.13. The Labute approximate surface area is 137 Å². The van der Waals surface area contributed by atoms with Crippen molar-refractivity contribution in [3.8, 4) is 22.8 Å². The maximum absolute atomic E-state index is 5.71. The van der Waals surface area contributed by atoms with Crippen LogP contribution in [0.5, 0.6) is 11.5 Å². The van der Waals surface area contributed by atoms with E-state index < -0.39 is 0 Å².